The van der Waals surface area contributed by atoms with E-state index in [1.807, 2.05) is 24.1 Å². The summed E-state index contributed by atoms with van der Waals surface area (Å²) in [7, 11) is -3.82. The number of hydrogen-bond donors (Lipinski definition) is 1. The molecule has 6 nitrogen and oxygen atoms in total. The van der Waals surface area contributed by atoms with E-state index in [1.165, 1.54) is 16.5 Å². The molecular formula is C23H23N3O3S. The second-order valence-electron chi connectivity index (χ2n) is 8.37. The molecule has 0 bridgehead atoms. The van der Waals surface area contributed by atoms with Crippen molar-refractivity contribution in [2.75, 3.05) is 13.2 Å². The van der Waals surface area contributed by atoms with Crippen LogP contribution in [0.15, 0.2) is 53.6 Å². The van der Waals surface area contributed by atoms with Crippen molar-refractivity contribution in [2.45, 2.75) is 36.6 Å². The summed E-state index contributed by atoms with van der Waals surface area (Å²) < 4.78 is 30.6. The van der Waals surface area contributed by atoms with E-state index in [0.29, 0.717) is 6.54 Å². The van der Waals surface area contributed by atoms with Gasteiger partial charge in [0.05, 0.1) is 17.5 Å². The number of fused-ring (bicyclic) bond motifs is 2. The van der Waals surface area contributed by atoms with Gasteiger partial charge in [-0.3, -0.25) is 4.18 Å². The Balaban J connectivity index is 1.39. The van der Waals surface area contributed by atoms with Crippen molar-refractivity contribution < 1.29 is 12.6 Å². The van der Waals surface area contributed by atoms with Gasteiger partial charge in [0.15, 0.2) is 6.19 Å². The summed E-state index contributed by atoms with van der Waals surface area (Å²) in [5.41, 5.74) is 4.60. The zero-order chi connectivity index (χ0) is 20.9. The summed E-state index contributed by atoms with van der Waals surface area (Å²) in [6, 6.07) is 13.0. The van der Waals surface area contributed by atoms with Gasteiger partial charge in [0, 0.05) is 35.5 Å². The fourth-order valence-electron chi connectivity index (χ4n) is 4.98. The van der Waals surface area contributed by atoms with Crippen LogP contribution in [0.1, 0.15) is 29.0 Å². The van der Waals surface area contributed by atoms with E-state index >= 15 is 0 Å². The first-order chi connectivity index (χ1) is 14.5. The number of aryl methyl sites for hydroxylation is 1. The highest BCUT2D eigenvalue weighted by Crippen LogP contribution is 2.44. The van der Waals surface area contributed by atoms with Crippen LogP contribution in [-0.2, 0) is 20.7 Å². The van der Waals surface area contributed by atoms with Crippen molar-refractivity contribution in [1.29, 1.82) is 5.26 Å². The molecule has 1 aliphatic carbocycles. The second kappa shape index (κ2) is 7.15. The zero-order valence-electron chi connectivity index (χ0n) is 16.7. The fraction of sp³-hybridized carbons (Fsp3) is 0.348. The molecule has 0 amide bonds. The lowest BCUT2D eigenvalue weighted by atomic mass is 9.72. The van der Waals surface area contributed by atoms with Gasteiger partial charge in [0.2, 0.25) is 0 Å². The van der Waals surface area contributed by atoms with Crippen molar-refractivity contribution in [3.63, 3.8) is 0 Å². The number of hydrogen-bond acceptors (Lipinski definition) is 5. The molecular weight excluding hydrogens is 398 g/mol. The Morgan fingerprint density at radius 2 is 2.03 bits per heavy atom. The topological polar surface area (TPSA) is 86.2 Å². The molecule has 3 aromatic rings. The molecule has 1 fully saturated rings. The van der Waals surface area contributed by atoms with Gasteiger partial charge in [0.1, 0.15) is 0 Å². The number of nitrogens with one attached hydrogen (secondary N) is 1. The molecule has 30 heavy (non-hydrogen) atoms. The molecule has 154 valence electrons. The Bertz CT molecular complexity index is 1240. The fourth-order valence-corrected chi connectivity index (χ4v) is 5.96. The number of rotatable bonds is 4. The third-order valence-electron chi connectivity index (χ3n) is 6.45. The molecule has 2 heterocycles. The van der Waals surface area contributed by atoms with E-state index in [-0.39, 0.29) is 29.4 Å². The van der Waals surface area contributed by atoms with Gasteiger partial charge in [-0.1, -0.05) is 29.8 Å². The predicted octanol–water partition coefficient (Wildman–Crippen LogP) is 3.69. The molecule has 0 spiro atoms. The minimum absolute atomic E-state index is 0.0399. The highest BCUT2D eigenvalue weighted by molar-refractivity contribution is 7.86. The summed E-state index contributed by atoms with van der Waals surface area (Å²) in [6.45, 7) is 2.50. The Labute approximate surface area is 176 Å². The summed E-state index contributed by atoms with van der Waals surface area (Å²) >= 11 is 0. The Morgan fingerprint density at radius 1 is 1.23 bits per heavy atom. The van der Waals surface area contributed by atoms with Crippen LogP contribution in [0.5, 0.6) is 0 Å². The highest BCUT2D eigenvalue weighted by Gasteiger charge is 2.41. The molecule has 1 aliphatic heterocycles. The molecule has 0 unspecified atom stereocenters. The van der Waals surface area contributed by atoms with Crippen LogP contribution in [0.25, 0.3) is 10.9 Å². The number of piperidine rings is 1. The number of benzene rings is 2. The smallest absolute Gasteiger partial charge is 0.296 e. The van der Waals surface area contributed by atoms with Gasteiger partial charge in [-0.05, 0) is 49.1 Å². The van der Waals surface area contributed by atoms with Crippen molar-refractivity contribution >= 4 is 21.0 Å². The lowest BCUT2D eigenvalue weighted by molar-refractivity contribution is 0.108. The number of likely N-dealkylation sites (tertiary alicyclic amines) is 1. The van der Waals surface area contributed by atoms with Gasteiger partial charge >= 0.3 is 0 Å². The number of H-pyrrole nitrogens is 1. The number of aromatic nitrogens is 1. The monoisotopic (exact) mass is 421 g/mol. The second-order valence-corrected chi connectivity index (χ2v) is 9.98. The Kier molecular flexibility index (Phi) is 4.57. The molecule has 0 radical (unpaired) electrons. The van der Waals surface area contributed by atoms with E-state index in [9.17, 15) is 13.7 Å². The summed E-state index contributed by atoms with van der Waals surface area (Å²) in [5.74, 6) is 0.142. The summed E-state index contributed by atoms with van der Waals surface area (Å²) in [5, 5.41) is 11.0. The Morgan fingerprint density at radius 3 is 2.80 bits per heavy atom. The average molecular weight is 422 g/mol. The van der Waals surface area contributed by atoms with Crippen LogP contribution in [0.3, 0.4) is 0 Å². The molecule has 3 atom stereocenters. The molecule has 2 aromatic carbocycles. The largest absolute Gasteiger partial charge is 0.361 e. The molecule has 5 rings (SSSR count). The Hall–Kier alpha value is -2.82. The summed E-state index contributed by atoms with van der Waals surface area (Å²) in [4.78, 5) is 5.32. The van der Waals surface area contributed by atoms with Gasteiger partial charge in [0.25, 0.3) is 10.1 Å². The molecule has 1 aromatic heterocycles. The predicted molar refractivity (Wildman–Crippen MR) is 113 cm³/mol. The molecule has 2 aliphatic rings. The van der Waals surface area contributed by atoms with E-state index in [2.05, 4.69) is 23.3 Å². The average Bonchev–Trinajstić information content (AvgIpc) is 3.17. The first kappa shape index (κ1) is 19.2. The molecule has 0 saturated carbocycles. The van der Waals surface area contributed by atoms with Crippen LogP contribution >= 0.6 is 0 Å². The van der Waals surface area contributed by atoms with Gasteiger partial charge in [-0.15, -0.1) is 0 Å². The zero-order valence-corrected chi connectivity index (χ0v) is 17.5. The normalized spacial score (nSPS) is 23.2. The minimum atomic E-state index is -3.82. The lowest BCUT2D eigenvalue weighted by Crippen LogP contribution is -2.48. The summed E-state index contributed by atoms with van der Waals surface area (Å²) in [6.07, 6.45) is 6.01. The molecule has 1 saturated heterocycles. The van der Waals surface area contributed by atoms with E-state index in [4.69, 9.17) is 4.18 Å². The standard InChI is InChI=1S/C23H23N3O3S/c1-15-5-7-18(8-6-15)30(27,28)29-13-16-9-20-19-3-2-4-21-23(19)17(11-25-21)10-22(20)26(12-16)14-24/h2-8,11,16,20,22,25H,9-10,12-13H2,1H3/t16-,20-,22-/m1/s1. The van der Waals surface area contributed by atoms with Gasteiger partial charge < -0.3 is 9.88 Å². The number of aromatic amines is 1. The maximum atomic E-state index is 12.6. The van der Waals surface area contributed by atoms with E-state index < -0.39 is 10.1 Å². The molecule has 7 heteroatoms. The lowest BCUT2D eigenvalue weighted by Gasteiger charge is -2.44. The van der Waals surface area contributed by atoms with Crippen LogP contribution in [0, 0.1) is 24.3 Å². The maximum absolute atomic E-state index is 12.6. The molecule has 1 N–H and O–H groups in total. The van der Waals surface area contributed by atoms with E-state index in [1.54, 1.807) is 24.3 Å². The quantitative estimate of drug-likeness (QED) is 0.513. The van der Waals surface area contributed by atoms with Crippen LogP contribution in [0.4, 0.5) is 0 Å². The first-order valence-corrected chi connectivity index (χ1v) is 11.6. The maximum Gasteiger partial charge on any atom is 0.296 e. The van der Waals surface area contributed by atoms with Crippen molar-refractivity contribution in [1.82, 2.24) is 9.88 Å². The number of nitrogens with zero attached hydrogens (tertiary/aromatic N) is 2. The number of nitriles is 1. The minimum Gasteiger partial charge on any atom is -0.361 e. The van der Waals surface area contributed by atoms with E-state index in [0.717, 1.165) is 23.9 Å². The van der Waals surface area contributed by atoms with Gasteiger partial charge in [-0.2, -0.15) is 13.7 Å². The van der Waals surface area contributed by atoms with Crippen molar-refractivity contribution in [3.05, 3.63) is 65.4 Å². The first-order valence-electron chi connectivity index (χ1n) is 10.2. The third-order valence-corrected chi connectivity index (χ3v) is 7.75. The van der Waals surface area contributed by atoms with Gasteiger partial charge in [-0.25, -0.2) is 0 Å². The van der Waals surface area contributed by atoms with Crippen molar-refractivity contribution in [3.8, 4) is 6.19 Å². The van der Waals surface area contributed by atoms with Crippen LogP contribution in [0.2, 0.25) is 0 Å². The third kappa shape index (κ3) is 3.17. The van der Waals surface area contributed by atoms with Crippen LogP contribution in [-0.4, -0.2) is 37.5 Å². The van der Waals surface area contributed by atoms with Crippen LogP contribution < -0.4 is 0 Å². The highest BCUT2D eigenvalue weighted by atomic mass is 32.2. The SMILES string of the molecule is Cc1ccc(S(=O)(=O)OC[C@@H]2C[C@@H]3c4cccc5[nH]cc(c45)C[C@H]3N(C#N)C2)cc1. The van der Waals surface area contributed by atoms with Crippen molar-refractivity contribution in [2.24, 2.45) is 5.92 Å².